The van der Waals surface area contributed by atoms with Gasteiger partial charge in [0.1, 0.15) is 5.88 Å². The third-order valence-electron chi connectivity index (χ3n) is 3.29. The van der Waals surface area contributed by atoms with Crippen molar-refractivity contribution in [2.24, 2.45) is 5.92 Å². The van der Waals surface area contributed by atoms with E-state index < -0.39 is 5.82 Å². The number of halogens is 2. The Balaban J connectivity index is 1.92. The molecule has 0 atom stereocenters. The quantitative estimate of drug-likeness (QED) is 0.840. The molecule has 1 saturated carbocycles. The fraction of sp³-hybridized carbons (Fsp3) is 0.500. The molecule has 3 nitrogen and oxygen atoms in total. The van der Waals surface area contributed by atoms with Gasteiger partial charge >= 0.3 is 0 Å². The highest BCUT2D eigenvalue weighted by Gasteiger charge is 2.16. The predicted molar refractivity (Wildman–Crippen MR) is 73.2 cm³/mol. The number of hydrogen-bond donors (Lipinski definition) is 1. The molecule has 1 N–H and O–H groups in total. The molecule has 0 spiro atoms. The Labute approximate surface area is 117 Å². The second-order valence-corrected chi connectivity index (χ2v) is 5.06. The number of alkyl halides is 1. The summed E-state index contributed by atoms with van der Waals surface area (Å²) in [4.78, 5) is 11.1. The topological polar surface area (TPSA) is 38.3 Å². The fourth-order valence-electron chi connectivity index (χ4n) is 2.27. The molecule has 0 aromatic heterocycles. The van der Waals surface area contributed by atoms with Crippen LogP contribution in [0.4, 0.5) is 10.1 Å². The maximum Gasteiger partial charge on any atom is 0.239 e. The summed E-state index contributed by atoms with van der Waals surface area (Å²) in [6.45, 7) is 0.560. The van der Waals surface area contributed by atoms with Crippen molar-refractivity contribution in [1.29, 1.82) is 0 Å². The summed E-state index contributed by atoms with van der Waals surface area (Å²) in [5.41, 5.74) is 0.386. The van der Waals surface area contributed by atoms with Gasteiger partial charge in [-0.05, 0) is 30.9 Å². The SMILES string of the molecule is O=C(CCl)Nc1ccc(OCC2CCCC2)c(F)c1. The second-order valence-electron chi connectivity index (χ2n) is 4.79. The number of anilines is 1. The Bertz CT molecular complexity index is 447. The Morgan fingerprint density at radius 1 is 1.42 bits per heavy atom. The first-order valence-corrected chi connectivity index (χ1v) is 7.00. The lowest BCUT2D eigenvalue weighted by molar-refractivity contribution is -0.113. The van der Waals surface area contributed by atoms with Gasteiger partial charge in [-0.1, -0.05) is 12.8 Å². The van der Waals surface area contributed by atoms with Gasteiger partial charge in [-0.2, -0.15) is 0 Å². The third-order valence-corrected chi connectivity index (χ3v) is 3.53. The number of ether oxygens (including phenoxy) is 1. The highest BCUT2D eigenvalue weighted by molar-refractivity contribution is 6.29. The molecule has 0 bridgehead atoms. The summed E-state index contributed by atoms with van der Waals surface area (Å²) in [5.74, 6) is -0.210. The summed E-state index contributed by atoms with van der Waals surface area (Å²) in [7, 11) is 0. The first-order valence-electron chi connectivity index (χ1n) is 6.47. The molecule has 0 aliphatic heterocycles. The molecule has 104 valence electrons. The van der Waals surface area contributed by atoms with Gasteiger partial charge in [-0.25, -0.2) is 4.39 Å². The molecular weight excluding hydrogens is 269 g/mol. The van der Waals surface area contributed by atoms with E-state index in [1.807, 2.05) is 0 Å². The highest BCUT2D eigenvalue weighted by Crippen LogP contribution is 2.27. The summed E-state index contributed by atoms with van der Waals surface area (Å²) in [6, 6.07) is 4.39. The Morgan fingerprint density at radius 2 is 2.16 bits per heavy atom. The van der Waals surface area contributed by atoms with Crippen molar-refractivity contribution >= 4 is 23.2 Å². The molecule has 1 fully saturated rings. The average Bonchev–Trinajstić information content (AvgIpc) is 2.91. The summed E-state index contributed by atoms with van der Waals surface area (Å²) < 4.78 is 19.3. The third kappa shape index (κ3) is 4.10. The van der Waals surface area contributed by atoms with E-state index in [0.29, 0.717) is 18.2 Å². The first kappa shape index (κ1) is 14.1. The lowest BCUT2D eigenvalue weighted by Gasteiger charge is -2.12. The number of carbonyl (C=O) groups excluding carboxylic acids is 1. The molecule has 1 aliphatic carbocycles. The van der Waals surface area contributed by atoms with Crippen LogP contribution in [0.5, 0.6) is 5.75 Å². The minimum Gasteiger partial charge on any atom is -0.490 e. The monoisotopic (exact) mass is 285 g/mol. The molecule has 2 rings (SSSR count). The number of nitrogens with one attached hydrogen (secondary N) is 1. The molecule has 1 aromatic carbocycles. The van der Waals surface area contributed by atoms with Crippen LogP contribution >= 0.6 is 11.6 Å². The Kier molecular flexibility index (Phi) is 5.02. The zero-order chi connectivity index (χ0) is 13.7. The zero-order valence-electron chi connectivity index (χ0n) is 10.6. The number of benzene rings is 1. The Hall–Kier alpha value is -1.29. The molecule has 0 saturated heterocycles. The minimum absolute atomic E-state index is 0.151. The number of rotatable bonds is 5. The number of hydrogen-bond acceptors (Lipinski definition) is 2. The minimum atomic E-state index is -0.467. The van der Waals surface area contributed by atoms with Gasteiger partial charge in [0.25, 0.3) is 0 Å². The van der Waals surface area contributed by atoms with Crippen molar-refractivity contribution in [3.8, 4) is 5.75 Å². The normalized spacial score (nSPS) is 15.5. The largest absolute Gasteiger partial charge is 0.490 e. The van der Waals surface area contributed by atoms with Gasteiger partial charge in [0.15, 0.2) is 11.6 Å². The summed E-state index contributed by atoms with van der Waals surface area (Å²) in [6.07, 6.45) is 4.79. The van der Waals surface area contributed by atoms with Crippen molar-refractivity contribution in [1.82, 2.24) is 0 Å². The molecule has 1 aromatic rings. The standard InChI is InChI=1S/C14H17ClFNO2/c15-8-14(18)17-11-5-6-13(12(16)7-11)19-9-10-3-1-2-4-10/h5-7,10H,1-4,8-9H2,(H,17,18). The maximum absolute atomic E-state index is 13.8. The van der Waals surface area contributed by atoms with E-state index >= 15 is 0 Å². The van der Waals surface area contributed by atoms with Crippen molar-refractivity contribution in [2.45, 2.75) is 25.7 Å². The molecule has 0 heterocycles. The van der Waals surface area contributed by atoms with Crippen LogP contribution in [0.3, 0.4) is 0 Å². The van der Waals surface area contributed by atoms with E-state index in [2.05, 4.69) is 5.32 Å². The first-order chi connectivity index (χ1) is 9.19. The fourth-order valence-corrected chi connectivity index (χ4v) is 2.34. The molecular formula is C14H17ClFNO2. The van der Waals surface area contributed by atoms with Crippen LogP contribution < -0.4 is 10.1 Å². The summed E-state index contributed by atoms with van der Waals surface area (Å²) >= 11 is 5.36. The van der Waals surface area contributed by atoms with Crippen LogP contribution in [-0.2, 0) is 4.79 Å². The maximum atomic E-state index is 13.8. The molecule has 0 unspecified atom stereocenters. The van der Waals surface area contributed by atoms with Gasteiger partial charge in [0.05, 0.1) is 6.61 Å². The lowest BCUT2D eigenvalue weighted by atomic mass is 10.1. The van der Waals surface area contributed by atoms with E-state index in [0.717, 1.165) is 12.8 Å². The lowest BCUT2D eigenvalue weighted by Crippen LogP contribution is -2.13. The van der Waals surface area contributed by atoms with Crippen LogP contribution in [0.15, 0.2) is 18.2 Å². The predicted octanol–water partition coefficient (Wildman–Crippen LogP) is 3.57. The van der Waals surface area contributed by atoms with Crippen LogP contribution in [-0.4, -0.2) is 18.4 Å². The van der Waals surface area contributed by atoms with Gasteiger partial charge in [0.2, 0.25) is 5.91 Å². The molecule has 0 radical (unpaired) electrons. The van der Waals surface area contributed by atoms with E-state index in [1.165, 1.54) is 25.0 Å². The van der Waals surface area contributed by atoms with Crippen molar-refractivity contribution in [3.05, 3.63) is 24.0 Å². The van der Waals surface area contributed by atoms with E-state index in [4.69, 9.17) is 16.3 Å². The number of amides is 1. The van der Waals surface area contributed by atoms with Crippen molar-refractivity contribution in [2.75, 3.05) is 17.8 Å². The van der Waals surface area contributed by atoms with Crippen LogP contribution in [0.1, 0.15) is 25.7 Å². The van der Waals surface area contributed by atoms with Gasteiger partial charge in [0, 0.05) is 11.8 Å². The smallest absolute Gasteiger partial charge is 0.239 e. The average molecular weight is 286 g/mol. The van der Waals surface area contributed by atoms with Gasteiger partial charge < -0.3 is 10.1 Å². The summed E-state index contributed by atoms with van der Waals surface area (Å²) in [5, 5.41) is 2.49. The zero-order valence-corrected chi connectivity index (χ0v) is 11.4. The van der Waals surface area contributed by atoms with Crippen LogP contribution in [0.25, 0.3) is 0 Å². The highest BCUT2D eigenvalue weighted by atomic mass is 35.5. The van der Waals surface area contributed by atoms with Crippen molar-refractivity contribution in [3.63, 3.8) is 0 Å². The van der Waals surface area contributed by atoms with Crippen LogP contribution in [0.2, 0.25) is 0 Å². The number of carbonyl (C=O) groups is 1. The molecule has 19 heavy (non-hydrogen) atoms. The van der Waals surface area contributed by atoms with Gasteiger partial charge in [-0.3, -0.25) is 4.79 Å². The molecule has 1 aliphatic rings. The van der Waals surface area contributed by atoms with E-state index in [9.17, 15) is 9.18 Å². The molecule has 1 amide bonds. The van der Waals surface area contributed by atoms with Crippen LogP contribution in [0, 0.1) is 11.7 Å². The Morgan fingerprint density at radius 3 is 2.79 bits per heavy atom. The van der Waals surface area contributed by atoms with Crippen molar-refractivity contribution < 1.29 is 13.9 Å². The van der Waals surface area contributed by atoms with E-state index in [-0.39, 0.29) is 17.5 Å². The van der Waals surface area contributed by atoms with E-state index in [1.54, 1.807) is 6.07 Å². The molecule has 5 heteroatoms. The second kappa shape index (κ2) is 6.75. The van der Waals surface area contributed by atoms with Gasteiger partial charge in [-0.15, -0.1) is 11.6 Å².